The van der Waals surface area contributed by atoms with Crippen molar-refractivity contribution in [1.82, 2.24) is 15.0 Å². The molecule has 0 radical (unpaired) electrons. The van der Waals surface area contributed by atoms with E-state index >= 15 is 0 Å². The van der Waals surface area contributed by atoms with E-state index in [1.807, 2.05) is 0 Å². The van der Waals surface area contributed by atoms with Crippen LogP contribution in [0.3, 0.4) is 0 Å². The van der Waals surface area contributed by atoms with Crippen LogP contribution in [0.1, 0.15) is 26.2 Å². The minimum absolute atomic E-state index is 0.0539. The Labute approximate surface area is 167 Å². The van der Waals surface area contributed by atoms with Gasteiger partial charge < -0.3 is 15.0 Å². The molecule has 0 bridgehead atoms. The Hall–Kier alpha value is -3.29. The highest BCUT2D eigenvalue weighted by Crippen LogP contribution is 2.27. The standard InChI is InChI=1S/C21H21F2N5O/c1-14-6-4-5-13-28(14)20-25-19(24-18-8-3-2-7-17(18)23)26-21(27-20)29-16-11-9-15(22)10-12-16/h2-3,7-12,14H,4-6,13H2,1H3,(H,24,25,26,27). The van der Waals surface area contributed by atoms with Gasteiger partial charge in [-0.1, -0.05) is 12.1 Å². The Morgan fingerprint density at radius 3 is 2.55 bits per heavy atom. The SMILES string of the molecule is CC1CCCCN1c1nc(Nc2ccccc2F)nc(Oc2ccc(F)cc2)n1. The molecule has 29 heavy (non-hydrogen) atoms. The summed E-state index contributed by atoms with van der Waals surface area (Å²) in [4.78, 5) is 15.3. The summed E-state index contributed by atoms with van der Waals surface area (Å²) in [5.41, 5.74) is 0.254. The molecule has 0 aliphatic carbocycles. The Kier molecular flexibility index (Phi) is 5.50. The maximum atomic E-state index is 14.1. The molecular formula is C21H21F2N5O. The van der Waals surface area contributed by atoms with Crippen molar-refractivity contribution in [2.24, 2.45) is 0 Å². The molecular weight excluding hydrogens is 376 g/mol. The Morgan fingerprint density at radius 2 is 1.79 bits per heavy atom. The molecule has 8 heteroatoms. The van der Waals surface area contributed by atoms with Crippen LogP contribution in [0.2, 0.25) is 0 Å². The number of ether oxygens (including phenoxy) is 1. The number of aromatic nitrogens is 3. The molecule has 0 amide bonds. The van der Waals surface area contributed by atoms with Crippen LogP contribution < -0.4 is 15.0 Å². The lowest BCUT2D eigenvalue weighted by Gasteiger charge is -2.33. The van der Waals surface area contributed by atoms with Crippen LogP contribution in [0.5, 0.6) is 11.8 Å². The quantitative estimate of drug-likeness (QED) is 0.649. The summed E-state index contributed by atoms with van der Waals surface area (Å²) in [5, 5.41) is 2.90. The molecule has 1 unspecified atom stereocenters. The Morgan fingerprint density at radius 1 is 1.00 bits per heavy atom. The van der Waals surface area contributed by atoms with Crippen molar-refractivity contribution in [2.45, 2.75) is 32.2 Å². The molecule has 1 fully saturated rings. The van der Waals surface area contributed by atoms with Crippen molar-refractivity contribution in [3.05, 3.63) is 60.2 Å². The number of anilines is 3. The molecule has 2 aromatic carbocycles. The first-order valence-corrected chi connectivity index (χ1v) is 9.56. The van der Waals surface area contributed by atoms with Crippen molar-refractivity contribution in [3.8, 4) is 11.8 Å². The fourth-order valence-electron chi connectivity index (χ4n) is 3.26. The van der Waals surface area contributed by atoms with Crippen LogP contribution in [0.25, 0.3) is 0 Å². The highest BCUT2D eigenvalue weighted by atomic mass is 19.1. The van der Waals surface area contributed by atoms with Crippen molar-refractivity contribution < 1.29 is 13.5 Å². The van der Waals surface area contributed by atoms with E-state index in [1.54, 1.807) is 18.2 Å². The molecule has 1 N–H and O–H groups in total. The third-order valence-electron chi connectivity index (χ3n) is 4.81. The Bertz CT molecular complexity index is 983. The van der Waals surface area contributed by atoms with Crippen molar-refractivity contribution in [2.75, 3.05) is 16.8 Å². The molecule has 1 aliphatic rings. The van der Waals surface area contributed by atoms with Crippen LogP contribution in [0.4, 0.5) is 26.4 Å². The van der Waals surface area contributed by atoms with Crippen LogP contribution in [-0.4, -0.2) is 27.5 Å². The van der Waals surface area contributed by atoms with Gasteiger partial charge in [0.1, 0.15) is 17.4 Å². The number of piperidine rings is 1. The molecule has 1 aliphatic heterocycles. The second kappa shape index (κ2) is 8.38. The van der Waals surface area contributed by atoms with E-state index in [2.05, 4.69) is 32.1 Å². The maximum absolute atomic E-state index is 14.1. The van der Waals surface area contributed by atoms with Crippen LogP contribution in [0.15, 0.2) is 48.5 Å². The first-order valence-electron chi connectivity index (χ1n) is 9.56. The molecule has 2 heterocycles. The van der Waals surface area contributed by atoms with Gasteiger partial charge in [-0.05, 0) is 62.6 Å². The molecule has 150 valence electrons. The minimum Gasteiger partial charge on any atom is -0.424 e. The molecule has 0 saturated carbocycles. The van der Waals surface area contributed by atoms with E-state index in [4.69, 9.17) is 4.74 Å². The number of halogens is 2. The number of para-hydroxylation sites is 1. The lowest BCUT2D eigenvalue weighted by molar-refractivity contribution is 0.431. The molecule has 3 aromatic rings. The fourth-order valence-corrected chi connectivity index (χ4v) is 3.26. The molecule has 1 saturated heterocycles. The summed E-state index contributed by atoms with van der Waals surface area (Å²) in [6, 6.07) is 12.2. The highest BCUT2D eigenvalue weighted by Gasteiger charge is 2.23. The zero-order valence-electron chi connectivity index (χ0n) is 16.0. The highest BCUT2D eigenvalue weighted by molar-refractivity contribution is 5.55. The number of hydrogen-bond acceptors (Lipinski definition) is 6. The zero-order valence-corrected chi connectivity index (χ0v) is 16.0. The number of nitrogens with zero attached hydrogens (tertiary/aromatic N) is 4. The van der Waals surface area contributed by atoms with Crippen molar-refractivity contribution >= 4 is 17.6 Å². The molecule has 1 aromatic heterocycles. The fraction of sp³-hybridized carbons (Fsp3) is 0.286. The summed E-state index contributed by atoms with van der Waals surface area (Å²) in [6.07, 6.45) is 3.23. The van der Waals surface area contributed by atoms with Crippen molar-refractivity contribution in [1.29, 1.82) is 0 Å². The minimum atomic E-state index is -0.415. The van der Waals surface area contributed by atoms with Gasteiger partial charge in [0.05, 0.1) is 5.69 Å². The van der Waals surface area contributed by atoms with Crippen molar-refractivity contribution in [3.63, 3.8) is 0 Å². The molecule has 0 spiro atoms. The molecule has 6 nitrogen and oxygen atoms in total. The third-order valence-corrected chi connectivity index (χ3v) is 4.81. The number of benzene rings is 2. The lowest BCUT2D eigenvalue weighted by atomic mass is 10.0. The maximum Gasteiger partial charge on any atom is 0.328 e. The van der Waals surface area contributed by atoms with Crippen LogP contribution in [0, 0.1) is 11.6 Å². The number of nitrogens with one attached hydrogen (secondary N) is 1. The van der Waals surface area contributed by atoms with E-state index < -0.39 is 5.82 Å². The smallest absolute Gasteiger partial charge is 0.328 e. The van der Waals surface area contributed by atoms with Gasteiger partial charge in [0.2, 0.25) is 11.9 Å². The lowest BCUT2D eigenvalue weighted by Crippen LogP contribution is -2.38. The van der Waals surface area contributed by atoms with E-state index in [-0.39, 0.29) is 29.5 Å². The van der Waals surface area contributed by atoms with Gasteiger partial charge >= 0.3 is 6.01 Å². The predicted molar refractivity (Wildman–Crippen MR) is 107 cm³/mol. The topological polar surface area (TPSA) is 63.2 Å². The molecule has 4 rings (SSSR count). The third kappa shape index (κ3) is 4.59. The predicted octanol–water partition coefficient (Wildman–Crippen LogP) is 5.06. The van der Waals surface area contributed by atoms with Gasteiger partial charge in [-0.25, -0.2) is 8.78 Å². The zero-order chi connectivity index (χ0) is 20.2. The average molecular weight is 397 g/mol. The monoisotopic (exact) mass is 397 g/mol. The number of hydrogen-bond donors (Lipinski definition) is 1. The van der Waals surface area contributed by atoms with Crippen LogP contribution >= 0.6 is 0 Å². The Balaban J connectivity index is 1.68. The summed E-state index contributed by atoms with van der Waals surface area (Å²) in [5.74, 6) is 0.254. The first kappa shape index (κ1) is 19.0. The van der Waals surface area contributed by atoms with E-state index in [1.165, 1.54) is 30.3 Å². The largest absolute Gasteiger partial charge is 0.424 e. The second-order valence-corrected chi connectivity index (χ2v) is 6.94. The van der Waals surface area contributed by atoms with E-state index in [9.17, 15) is 8.78 Å². The van der Waals surface area contributed by atoms with E-state index in [0.717, 1.165) is 25.8 Å². The van der Waals surface area contributed by atoms with Gasteiger partial charge in [-0.2, -0.15) is 15.0 Å². The normalized spacial score (nSPS) is 16.5. The second-order valence-electron chi connectivity index (χ2n) is 6.94. The van der Waals surface area contributed by atoms with Gasteiger partial charge in [0, 0.05) is 12.6 Å². The van der Waals surface area contributed by atoms with Crippen LogP contribution in [-0.2, 0) is 0 Å². The van der Waals surface area contributed by atoms with Gasteiger partial charge in [0.25, 0.3) is 0 Å². The first-order chi connectivity index (χ1) is 14.1. The van der Waals surface area contributed by atoms with E-state index in [0.29, 0.717) is 11.7 Å². The van der Waals surface area contributed by atoms with Gasteiger partial charge in [-0.15, -0.1) is 0 Å². The van der Waals surface area contributed by atoms with Gasteiger partial charge in [-0.3, -0.25) is 0 Å². The summed E-state index contributed by atoms with van der Waals surface area (Å²) >= 11 is 0. The average Bonchev–Trinajstić information content (AvgIpc) is 2.72. The molecule has 1 atom stereocenters. The summed E-state index contributed by atoms with van der Waals surface area (Å²) in [6.45, 7) is 2.94. The van der Waals surface area contributed by atoms with Gasteiger partial charge in [0.15, 0.2) is 0 Å². The number of rotatable bonds is 5. The summed E-state index contributed by atoms with van der Waals surface area (Å²) in [7, 11) is 0. The summed E-state index contributed by atoms with van der Waals surface area (Å²) < 4.78 is 33.0.